The van der Waals surface area contributed by atoms with Crippen LogP contribution in [0.1, 0.15) is 25.0 Å². The smallest absolute Gasteiger partial charge is 0.196 e. The fraction of sp³-hybridized carbons (Fsp3) is 0.500. The normalized spacial score (nSPS) is 12.6. The van der Waals surface area contributed by atoms with Crippen molar-refractivity contribution in [3.05, 3.63) is 29.3 Å². The van der Waals surface area contributed by atoms with Crippen molar-refractivity contribution in [2.45, 2.75) is 34.0 Å². The monoisotopic (exact) mass is 193 g/mol. The average Bonchev–Trinajstić information content (AvgIpc) is 2.01. The van der Waals surface area contributed by atoms with Gasteiger partial charge in [0.05, 0.1) is 0 Å². The summed E-state index contributed by atoms with van der Waals surface area (Å²) in [7, 11) is 0. The van der Waals surface area contributed by atoms with Gasteiger partial charge in [0.1, 0.15) is 5.75 Å². The van der Waals surface area contributed by atoms with Crippen molar-refractivity contribution in [3.8, 4) is 5.75 Å². The lowest BCUT2D eigenvalue weighted by atomic mass is 10.1. The van der Waals surface area contributed by atoms with Gasteiger partial charge in [0.15, 0.2) is 6.29 Å². The quantitative estimate of drug-likeness (QED) is 0.684. The molecule has 77 valence electrons. The molecule has 0 heterocycles. The molecule has 0 aliphatic carbocycles. The number of hydrogen-bond donors (Lipinski definition) is 0. The van der Waals surface area contributed by atoms with Gasteiger partial charge >= 0.3 is 0 Å². The Bertz CT molecular complexity index is 274. The van der Waals surface area contributed by atoms with E-state index >= 15 is 0 Å². The van der Waals surface area contributed by atoms with E-state index < -0.39 is 0 Å². The standard InChI is InChI=1S/C12H17O2/c1-5-13-11(4)14-12-7-9(2)6-10(3)8-12/h7-8,11H,5H2,1-4H3. The van der Waals surface area contributed by atoms with Gasteiger partial charge in [0.2, 0.25) is 0 Å². The van der Waals surface area contributed by atoms with Crippen molar-refractivity contribution < 1.29 is 9.47 Å². The molecule has 0 bridgehead atoms. The molecule has 1 atom stereocenters. The molecule has 0 N–H and O–H groups in total. The predicted octanol–water partition coefficient (Wildman–Crippen LogP) is 2.86. The first kappa shape index (κ1) is 11.1. The highest BCUT2D eigenvalue weighted by Crippen LogP contribution is 2.17. The van der Waals surface area contributed by atoms with E-state index in [9.17, 15) is 0 Å². The molecular weight excluding hydrogens is 176 g/mol. The van der Waals surface area contributed by atoms with Gasteiger partial charge in [-0.2, -0.15) is 0 Å². The summed E-state index contributed by atoms with van der Waals surface area (Å²) in [5.41, 5.74) is 2.17. The average molecular weight is 193 g/mol. The van der Waals surface area contributed by atoms with E-state index in [0.29, 0.717) is 6.61 Å². The van der Waals surface area contributed by atoms with Crippen molar-refractivity contribution in [1.29, 1.82) is 0 Å². The molecule has 2 heteroatoms. The molecule has 0 aliphatic heterocycles. The lowest BCUT2D eigenvalue weighted by Crippen LogP contribution is -2.16. The van der Waals surface area contributed by atoms with Crippen molar-refractivity contribution in [3.63, 3.8) is 0 Å². The predicted molar refractivity (Wildman–Crippen MR) is 56.5 cm³/mol. The van der Waals surface area contributed by atoms with Crippen molar-refractivity contribution >= 4 is 0 Å². The van der Waals surface area contributed by atoms with E-state index in [-0.39, 0.29) is 6.29 Å². The summed E-state index contributed by atoms with van der Waals surface area (Å²) in [5.74, 6) is 0.847. The van der Waals surface area contributed by atoms with Gasteiger partial charge in [-0.3, -0.25) is 0 Å². The second kappa shape index (κ2) is 5.01. The molecule has 14 heavy (non-hydrogen) atoms. The molecule has 0 aliphatic rings. The van der Waals surface area contributed by atoms with Crippen LogP contribution in [0.5, 0.6) is 5.75 Å². The summed E-state index contributed by atoms with van der Waals surface area (Å²) in [6, 6.07) is 7.12. The highest BCUT2D eigenvalue weighted by atomic mass is 16.7. The minimum atomic E-state index is -0.193. The summed E-state index contributed by atoms with van der Waals surface area (Å²) in [6.45, 7) is 8.52. The van der Waals surface area contributed by atoms with E-state index in [2.05, 4.69) is 6.07 Å². The third-order valence-electron chi connectivity index (χ3n) is 1.82. The Balaban J connectivity index is 2.66. The Labute approximate surface area is 85.8 Å². The summed E-state index contributed by atoms with van der Waals surface area (Å²) in [4.78, 5) is 0. The van der Waals surface area contributed by atoms with Crippen LogP contribution in [0.3, 0.4) is 0 Å². The molecule has 0 aromatic heterocycles. The Morgan fingerprint density at radius 1 is 1.29 bits per heavy atom. The summed E-state index contributed by atoms with van der Waals surface area (Å²) < 4.78 is 10.9. The van der Waals surface area contributed by atoms with Crippen LogP contribution in [0.25, 0.3) is 0 Å². The van der Waals surface area contributed by atoms with Crippen molar-refractivity contribution in [2.75, 3.05) is 6.61 Å². The second-order valence-electron chi connectivity index (χ2n) is 3.32. The van der Waals surface area contributed by atoms with Crippen LogP contribution in [-0.2, 0) is 4.74 Å². The summed E-state index contributed by atoms with van der Waals surface area (Å²) in [5, 5.41) is 0. The van der Waals surface area contributed by atoms with Gasteiger partial charge in [-0.15, -0.1) is 0 Å². The van der Waals surface area contributed by atoms with Crippen molar-refractivity contribution in [1.82, 2.24) is 0 Å². The van der Waals surface area contributed by atoms with E-state index in [1.54, 1.807) is 0 Å². The van der Waals surface area contributed by atoms with Gasteiger partial charge in [-0.05, 0) is 57.0 Å². The lowest BCUT2D eigenvalue weighted by Gasteiger charge is -2.14. The zero-order chi connectivity index (χ0) is 10.6. The summed E-state index contributed by atoms with van der Waals surface area (Å²) >= 11 is 0. The fourth-order valence-corrected chi connectivity index (χ4v) is 1.38. The zero-order valence-electron chi connectivity index (χ0n) is 9.26. The summed E-state index contributed by atoms with van der Waals surface area (Å²) in [6.07, 6.45) is -0.193. The van der Waals surface area contributed by atoms with E-state index in [0.717, 1.165) is 16.9 Å². The molecule has 0 saturated heterocycles. The topological polar surface area (TPSA) is 18.5 Å². The van der Waals surface area contributed by atoms with Crippen molar-refractivity contribution in [2.24, 2.45) is 0 Å². The molecule has 0 saturated carbocycles. The number of rotatable bonds is 4. The minimum Gasteiger partial charge on any atom is -0.465 e. The Morgan fingerprint density at radius 3 is 2.36 bits per heavy atom. The first-order chi connectivity index (χ1) is 6.61. The number of benzene rings is 1. The zero-order valence-corrected chi connectivity index (χ0v) is 9.26. The van der Waals surface area contributed by atoms with Gasteiger partial charge in [-0.1, -0.05) is 0 Å². The maximum absolute atomic E-state index is 5.57. The van der Waals surface area contributed by atoms with Gasteiger partial charge < -0.3 is 9.47 Å². The second-order valence-corrected chi connectivity index (χ2v) is 3.32. The molecule has 1 aromatic carbocycles. The van der Waals surface area contributed by atoms with Crippen LogP contribution in [0.2, 0.25) is 0 Å². The third-order valence-corrected chi connectivity index (χ3v) is 1.82. The molecule has 0 spiro atoms. The van der Waals surface area contributed by atoms with Crippen LogP contribution >= 0.6 is 0 Å². The number of ether oxygens (including phenoxy) is 2. The lowest BCUT2D eigenvalue weighted by molar-refractivity contribution is -0.0613. The Morgan fingerprint density at radius 2 is 1.86 bits per heavy atom. The molecule has 2 nitrogen and oxygen atoms in total. The first-order valence-corrected chi connectivity index (χ1v) is 4.90. The van der Waals surface area contributed by atoms with Crippen LogP contribution < -0.4 is 4.74 Å². The molecule has 0 fully saturated rings. The van der Waals surface area contributed by atoms with Crippen LogP contribution in [0.15, 0.2) is 12.1 Å². The number of aryl methyl sites for hydroxylation is 2. The molecular formula is C12H17O2. The maximum Gasteiger partial charge on any atom is 0.196 e. The third kappa shape index (κ3) is 3.38. The van der Waals surface area contributed by atoms with Gasteiger partial charge in [0, 0.05) is 6.61 Å². The number of hydrogen-bond acceptors (Lipinski definition) is 2. The fourth-order valence-electron chi connectivity index (χ4n) is 1.38. The van der Waals surface area contributed by atoms with E-state index in [1.807, 2.05) is 39.8 Å². The van der Waals surface area contributed by atoms with Gasteiger partial charge in [-0.25, -0.2) is 0 Å². The SMILES string of the molecule is CCOC(C)Oc1cc(C)[c]c(C)c1. The maximum atomic E-state index is 5.57. The first-order valence-electron chi connectivity index (χ1n) is 4.90. The molecule has 1 aromatic rings. The molecule has 1 rings (SSSR count). The van der Waals surface area contributed by atoms with E-state index in [1.165, 1.54) is 0 Å². The molecule has 1 unspecified atom stereocenters. The molecule has 1 radical (unpaired) electrons. The Hall–Kier alpha value is -1.02. The minimum absolute atomic E-state index is 0.193. The molecule has 0 amide bonds. The highest BCUT2D eigenvalue weighted by Gasteiger charge is 2.03. The van der Waals surface area contributed by atoms with Crippen LogP contribution in [0.4, 0.5) is 0 Å². The highest BCUT2D eigenvalue weighted by molar-refractivity contribution is 5.31. The Kier molecular flexibility index (Phi) is 3.96. The van der Waals surface area contributed by atoms with E-state index in [4.69, 9.17) is 9.47 Å². The van der Waals surface area contributed by atoms with Crippen LogP contribution in [0, 0.1) is 19.9 Å². The van der Waals surface area contributed by atoms with Gasteiger partial charge in [0.25, 0.3) is 0 Å². The largest absolute Gasteiger partial charge is 0.465 e. The van der Waals surface area contributed by atoms with Crippen LogP contribution in [-0.4, -0.2) is 12.9 Å².